The number of benzene rings is 1. The molecule has 1 unspecified atom stereocenters. The Labute approximate surface area is 119 Å². The Morgan fingerprint density at radius 1 is 1.19 bits per heavy atom. The van der Waals surface area contributed by atoms with Gasteiger partial charge in [-0.1, -0.05) is 19.8 Å². The van der Waals surface area contributed by atoms with Crippen LogP contribution < -0.4 is 10.6 Å². The quantitative estimate of drug-likeness (QED) is 0.707. The molecule has 116 valence electrons. The van der Waals surface area contributed by atoms with E-state index in [9.17, 15) is 22.8 Å². The van der Waals surface area contributed by atoms with Crippen molar-refractivity contribution in [3.8, 4) is 0 Å². The summed E-state index contributed by atoms with van der Waals surface area (Å²) >= 11 is 0. The van der Waals surface area contributed by atoms with Gasteiger partial charge in [-0.3, -0.25) is 0 Å². The fraction of sp³-hybridized carbons (Fsp3) is 0.385. The van der Waals surface area contributed by atoms with E-state index in [0.717, 1.165) is 6.42 Å². The fourth-order valence-corrected chi connectivity index (χ4v) is 1.60. The third-order valence-electron chi connectivity index (χ3n) is 2.71. The molecule has 0 radical (unpaired) electrons. The molecule has 3 N–H and O–H groups in total. The molecule has 0 fully saturated rings. The van der Waals surface area contributed by atoms with Crippen molar-refractivity contribution in [3.05, 3.63) is 29.6 Å². The molecule has 0 aliphatic heterocycles. The number of rotatable bonds is 6. The molecule has 1 atom stereocenters. The van der Waals surface area contributed by atoms with E-state index in [0.29, 0.717) is 12.5 Å². The van der Waals surface area contributed by atoms with Gasteiger partial charge in [0.15, 0.2) is 11.6 Å². The smallest absolute Gasteiger partial charge is 0.326 e. The molecule has 21 heavy (non-hydrogen) atoms. The summed E-state index contributed by atoms with van der Waals surface area (Å²) in [4.78, 5) is 22.5. The lowest BCUT2D eigenvalue weighted by Crippen LogP contribution is -2.43. The maximum Gasteiger partial charge on any atom is 0.326 e. The van der Waals surface area contributed by atoms with Gasteiger partial charge in [0.1, 0.15) is 11.9 Å². The number of urea groups is 1. The van der Waals surface area contributed by atoms with Crippen molar-refractivity contribution in [1.82, 2.24) is 5.32 Å². The maximum atomic E-state index is 13.3. The molecule has 8 heteroatoms. The first-order chi connectivity index (χ1) is 9.85. The first-order valence-electron chi connectivity index (χ1n) is 6.30. The first-order valence-corrected chi connectivity index (χ1v) is 6.30. The van der Waals surface area contributed by atoms with Gasteiger partial charge in [0.2, 0.25) is 0 Å². The van der Waals surface area contributed by atoms with Crippen molar-refractivity contribution < 1.29 is 27.9 Å². The number of anilines is 1. The molecule has 0 heterocycles. The minimum atomic E-state index is -1.38. The Morgan fingerprint density at radius 2 is 1.81 bits per heavy atom. The zero-order valence-corrected chi connectivity index (χ0v) is 11.3. The normalized spacial score (nSPS) is 11.8. The van der Waals surface area contributed by atoms with Crippen molar-refractivity contribution in [3.63, 3.8) is 0 Å². The van der Waals surface area contributed by atoms with Crippen LogP contribution >= 0.6 is 0 Å². The number of carbonyl (C=O) groups excluding carboxylic acids is 1. The van der Waals surface area contributed by atoms with Crippen LogP contribution in [0.3, 0.4) is 0 Å². The second kappa shape index (κ2) is 7.51. The topological polar surface area (TPSA) is 78.4 Å². The molecule has 1 aromatic rings. The van der Waals surface area contributed by atoms with Crippen LogP contribution in [0, 0.1) is 17.5 Å². The zero-order chi connectivity index (χ0) is 16.0. The van der Waals surface area contributed by atoms with Crippen LogP contribution in [0.15, 0.2) is 12.1 Å². The molecule has 1 aromatic carbocycles. The number of unbranched alkanes of at least 4 members (excludes halogenated alkanes) is 1. The number of aliphatic carboxylic acids is 1. The summed E-state index contributed by atoms with van der Waals surface area (Å²) in [5.74, 6) is -5.11. The molecule has 0 spiro atoms. The van der Waals surface area contributed by atoms with E-state index in [-0.39, 0.29) is 12.5 Å². The summed E-state index contributed by atoms with van der Waals surface area (Å²) in [5.41, 5.74) is -0.578. The van der Waals surface area contributed by atoms with Gasteiger partial charge in [0.05, 0.1) is 5.69 Å². The second-order valence-corrected chi connectivity index (χ2v) is 4.38. The molecule has 2 amide bonds. The number of carboxylic acids is 1. The highest BCUT2D eigenvalue weighted by Crippen LogP contribution is 2.18. The summed E-state index contributed by atoms with van der Waals surface area (Å²) in [6.07, 6.45) is 1.53. The van der Waals surface area contributed by atoms with Crippen molar-refractivity contribution in [1.29, 1.82) is 0 Å². The zero-order valence-electron chi connectivity index (χ0n) is 11.3. The third-order valence-corrected chi connectivity index (χ3v) is 2.71. The monoisotopic (exact) mass is 304 g/mol. The van der Waals surface area contributed by atoms with Gasteiger partial charge in [-0.05, 0) is 6.42 Å². The minimum absolute atomic E-state index is 0.208. The minimum Gasteiger partial charge on any atom is -0.480 e. The number of nitrogens with one attached hydrogen (secondary N) is 2. The van der Waals surface area contributed by atoms with Gasteiger partial charge < -0.3 is 15.7 Å². The van der Waals surface area contributed by atoms with Gasteiger partial charge in [0.25, 0.3) is 0 Å². The van der Waals surface area contributed by atoms with Crippen molar-refractivity contribution in [2.75, 3.05) is 5.32 Å². The molecular weight excluding hydrogens is 289 g/mol. The van der Waals surface area contributed by atoms with Crippen LogP contribution in [0.5, 0.6) is 0 Å². The van der Waals surface area contributed by atoms with Crippen LogP contribution in [-0.2, 0) is 4.79 Å². The first kappa shape index (κ1) is 16.8. The summed E-state index contributed by atoms with van der Waals surface area (Å²) in [6.45, 7) is 1.86. The summed E-state index contributed by atoms with van der Waals surface area (Å²) < 4.78 is 39.0. The van der Waals surface area contributed by atoms with Crippen molar-refractivity contribution in [2.45, 2.75) is 32.2 Å². The molecule has 0 aromatic heterocycles. The number of carboxylic acid groups (broad SMARTS) is 1. The van der Waals surface area contributed by atoms with Gasteiger partial charge in [0, 0.05) is 12.1 Å². The molecule has 0 saturated heterocycles. The molecule has 5 nitrogen and oxygen atoms in total. The second-order valence-electron chi connectivity index (χ2n) is 4.38. The van der Waals surface area contributed by atoms with Gasteiger partial charge in [-0.25, -0.2) is 22.8 Å². The highest BCUT2D eigenvalue weighted by molar-refractivity contribution is 5.92. The molecule has 0 saturated carbocycles. The lowest BCUT2D eigenvalue weighted by atomic mass is 10.1. The molecule has 0 bridgehead atoms. The van der Waals surface area contributed by atoms with Crippen LogP contribution in [-0.4, -0.2) is 23.1 Å². The summed E-state index contributed by atoms with van der Waals surface area (Å²) in [6, 6.07) is -1.38. The number of hydrogen-bond donors (Lipinski definition) is 3. The largest absolute Gasteiger partial charge is 0.480 e. The Morgan fingerprint density at radius 3 is 2.38 bits per heavy atom. The number of hydrogen-bond acceptors (Lipinski definition) is 2. The van der Waals surface area contributed by atoms with Crippen molar-refractivity contribution >= 4 is 17.7 Å². The maximum absolute atomic E-state index is 13.3. The molecular formula is C13H15F3N2O3. The Kier molecular flexibility index (Phi) is 6.01. The van der Waals surface area contributed by atoms with Crippen LogP contribution in [0.4, 0.5) is 23.7 Å². The van der Waals surface area contributed by atoms with E-state index in [1.54, 1.807) is 0 Å². The predicted molar refractivity (Wildman–Crippen MR) is 69.4 cm³/mol. The highest BCUT2D eigenvalue weighted by atomic mass is 19.2. The van der Waals surface area contributed by atoms with Gasteiger partial charge in [-0.15, -0.1) is 0 Å². The van der Waals surface area contributed by atoms with Crippen LogP contribution in [0.2, 0.25) is 0 Å². The van der Waals surface area contributed by atoms with E-state index in [4.69, 9.17) is 5.11 Å². The average molecular weight is 304 g/mol. The van der Waals surface area contributed by atoms with E-state index in [1.165, 1.54) is 0 Å². The summed E-state index contributed by atoms with van der Waals surface area (Å²) in [7, 11) is 0. The van der Waals surface area contributed by atoms with E-state index in [2.05, 4.69) is 5.32 Å². The number of amides is 2. The van der Waals surface area contributed by atoms with E-state index in [1.807, 2.05) is 12.2 Å². The molecule has 0 aliphatic carbocycles. The lowest BCUT2D eigenvalue weighted by Gasteiger charge is -2.15. The number of carbonyl (C=O) groups is 2. The average Bonchev–Trinajstić information content (AvgIpc) is 2.40. The highest BCUT2D eigenvalue weighted by Gasteiger charge is 2.20. The van der Waals surface area contributed by atoms with Crippen LogP contribution in [0.25, 0.3) is 0 Å². The van der Waals surface area contributed by atoms with Gasteiger partial charge in [-0.2, -0.15) is 0 Å². The Bertz CT molecular complexity index is 538. The molecule has 0 aliphatic rings. The Hall–Kier alpha value is -2.25. The van der Waals surface area contributed by atoms with E-state index >= 15 is 0 Å². The van der Waals surface area contributed by atoms with E-state index < -0.39 is 41.2 Å². The fourth-order valence-electron chi connectivity index (χ4n) is 1.60. The standard InChI is InChI=1S/C13H15F3N2O3/c1-2-3-4-10(12(19)20)17-13(21)18-11-6-8(15)7(14)5-9(11)16/h5-6,10H,2-4H2,1H3,(H,19,20)(H2,17,18,21). The Balaban J connectivity index is 2.72. The van der Waals surface area contributed by atoms with Gasteiger partial charge >= 0.3 is 12.0 Å². The summed E-state index contributed by atoms with van der Waals surface area (Å²) in [5, 5.41) is 13.0. The third kappa shape index (κ3) is 4.97. The predicted octanol–water partition coefficient (Wildman–Crippen LogP) is 2.87. The van der Waals surface area contributed by atoms with Crippen LogP contribution in [0.1, 0.15) is 26.2 Å². The van der Waals surface area contributed by atoms with Crippen molar-refractivity contribution in [2.24, 2.45) is 0 Å². The lowest BCUT2D eigenvalue weighted by molar-refractivity contribution is -0.139. The number of halogens is 3. The SMILES string of the molecule is CCCCC(NC(=O)Nc1cc(F)c(F)cc1F)C(=O)O. The molecule has 1 rings (SSSR count).